The molecular weight excluding hydrogens is 377 g/mol. The zero-order valence-corrected chi connectivity index (χ0v) is 15.5. The summed E-state index contributed by atoms with van der Waals surface area (Å²) in [5.41, 5.74) is 3.78. The first-order valence-electron chi connectivity index (χ1n) is 8.22. The first-order chi connectivity index (χ1) is 12.3. The Morgan fingerprint density at radius 1 is 1.12 bits per heavy atom. The van der Waals surface area contributed by atoms with Crippen molar-refractivity contribution >= 4 is 23.2 Å². The van der Waals surface area contributed by atoms with Crippen LogP contribution >= 0.6 is 23.2 Å². The van der Waals surface area contributed by atoms with Crippen LogP contribution in [0.3, 0.4) is 0 Å². The summed E-state index contributed by atoms with van der Waals surface area (Å²) >= 11 is 12.6. The summed E-state index contributed by atoms with van der Waals surface area (Å²) in [4.78, 5) is 0. The SMILES string of the molecule is CC(F)(F)c1ccc(C2NCc3cc(Cl)cc(Cl)c3-n3cccc32)cc1. The molecule has 1 aliphatic heterocycles. The van der Waals surface area contributed by atoms with Crippen LogP contribution in [0.5, 0.6) is 0 Å². The fourth-order valence-corrected chi connectivity index (χ4v) is 4.06. The molecular formula is C20H16Cl2F2N2. The van der Waals surface area contributed by atoms with Gasteiger partial charge in [-0.1, -0.05) is 47.5 Å². The maximum absolute atomic E-state index is 13.5. The molecule has 0 fully saturated rings. The van der Waals surface area contributed by atoms with Crippen molar-refractivity contribution in [3.63, 3.8) is 0 Å². The molecule has 0 spiro atoms. The van der Waals surface area contributed by atoms with Crippen LogP contribution in [0, 0.1) is 0 Å². The summed E-state index contributed by atoms with van der Waals surface area (Å²) in [6.45, 7) is 1.47. The molecule has 0 amide bonds. The second kappa shape index (κ2) is 6.38. The van der Waals surface area contributed by atoms with E-state index < -0.39 is 5.92 Å². The lowest BCUT2D eigenvalue weighted by Gasteiger charge is -2.19. The number of alkyl halides is 2. The van der Waals surface area contributed by atoms with Gasteiger partial charge >= 0.3 is 0 Å². The van der Waals surface area contributed by atoms with E-state index in [1.807, 2.05) is 29.0 Å². The van der Waals surface area contributed by atoms with E-state index in [1.54, 1.807) is 18.2 Å². The summed E-state index contributed by atoms with van der Waals surface area (Å²) in [7, 11) is 0. The molecule has 2 heterocycles. The van der Waals surface area contributed by atoms with Crippen molar-refractivity contribution in [2.75, 3.05) is 0 Å². The Hall–Kier alpha value is -1.88. The van der Waals surface area contributed by atoms with Crippen molar-refractivity contribution in [2.45, 2.75) is 25.4 Å². The Kier molecular flexibility index (Phi) is 4.30. The summed E-state index contributed by atoms with van der Waals surface area (Å²) < 4.78 is 29.0. The van der Waals surface area contributed by atoms with Gasteiger partial charge in [0.2, 0.25) is 0 Å². The summed E-state index contributed by atoms with van der Waals surface area (Å²) in [5, 5.41) is 4.64. The van der Waals surface area contributed by atoms with Crippen LogP contribution in [-0.2, 0) is 12.5 Å². The predicted molar refractivity (Wildman–Crippen MR) is 100 cm³/mol. The van der Waals surface area contributed by atoms with Crippen molar-refractivity contribution in [1.29, 1.82) is 0 Å². The van der Waals surface area contributed by atoms with Gasteiger partial charge in [0.25, 0.3) is 5.92 Å². The Bertz CT molecular complexity index is 959. The largest absolute Gasteiger partial charge is 0.317 e. The highest BCUT2D eigenvalue weighted by atomic mass is 35.5. The molecule has 1 atom stereocenters. The van der Waals surface area contributed by atoms with Gasteiger partial charge in [-0.25, -0.2) is 8.78 Å². The molecule has 3 aromatic rings. The van der Waals surface area contributed by atoms with Crippen molar-refractivity contribution in [1.82, 2.24) is 9.88 Å². The second-order valence-corrected chi connectivity index (χ2v) is 7.37. The molecule has 26 heavy (non-hydrogen) atoms. The van der Waals surface area contributed by atoms with Crippen LogP contribution in [0.4, 0.5) is 8.78 Å². The van der Waals surface area contributed by atoms with Gasteiger partial charge in [-0.05, 0) is 35.4 Å². The topological polar surface area (TPSA) is 17.0 Å². The third kappa shape index (κ3) is 3.02. The average Bonchev–Trinajstić information content (AvgIpc) is 2.97. The van der Waals surface area contributed by atoms with Crippen LogP contribution < -0.4 is 5.32 Å². The summed E-state index contributed by atoms with van der Waals surface area (Å²) in [6, 6.07) is 13.9. The molecule has 134 valence electrons. The number of hydrogen-bond acceptors (Lipinski definition) is 1. The fraction of sp³-hybridized carbons (Fsp3) is 0.200. The lowest BCUT2D eigenvalue weighted by atomic mass is 10.0. The van der Waals surface area contributed by atoms with Crippen LogP contribution in [0.2, 0.25) is 10.0 Å². The lowest BCUT2D eigenvalue weighted by molar-refractivity contribution is 0.0174. The predicted octanol–water partition coefficient (Wildman–Crippen LogP) is 6.09. The average molecular weight is 393 g/mol. The Morgan fingerprint density at radius 2 is 1.85 bits per heavy atom. The van der Waals surface area contributed by atoms with E-state index in [2.05, 4.69) is 5.32 Å². The summed E-state index contributed by atoms with van der Waals surface area (Å²) in [5.74, 6) is -2.85. The molecule has 4 rings (SSSR count). The Labute approximate surface area is 160 Å². The number of fused-ring (bicyclic) bond motifs is 3. The number of halogens is 4. The molecule has 0 saturated heterocycles. The number of nitrogens with zero attached hydrogens (tertiary/aromatic N) is 1. The zero-order valence-electron chi connectivity index (χ0n) is 13.9. The minimum Gasteiger partial charge on any atom is -0.317 e. The molecule has 0 radical (unpaired) electrons. The van der Waals surface area contributed by atoms with Crippen molar-refractivity contribution in [3.05, 3.63) is 87.2 Å². The lowest BCUT2D eigenvalue weighted by Crippen LogP contribution is -2.21. The third-order valence-corrected chi connectivity index (χ3v) is 5.18. The van der Waals surface area contributed by atoms with E-state index in [0.717, 1.165) is 29.4 Å². The van der Waals surface area contributed by atoms with Gasteiger partial charge in [0.15, 0.2) is 0 Å². The van der Waals surface area contributed by atoms with Gasteiger partial charge in [0.1, 0.15) is 0 Å². The molecule has 0 saturated carbocycles. The highest BCUT2D eigenvalue weighted by molar-refractivity contribution is 6.36. The maximum atomic E-state index is 13.5. The maximum Gasteiger partial charge on any atom is 0.270 e. The molecule has 1 unspecified atom stereocenters. The molecule has 0 aliphatic carbocycles. The molecule has 1 aromatic heterocycles. The number of benzene rings is 2. The molecule has 1 N–H and O–H groups in total. The van der Waals surface area contributed by atoms with Gasteiger partial charge in [-0.3, -0.25) is 0 Å². The minimum absolute atomic E-state index is 0.00312. The van der Waals surface area contributed by atoms with Crippen molar-refractivity contribution in [2.24, 2.45) is 0 Å². The standard InChI is InChI=1S/C20H16Cl2F2N2/c1-20(23,24)14-6-4-12(5-7-14)18-17-3-2-8-26(17)19-13(11-25-18)9-15(21)10-16(19)22/h2-10,18,25H,11H2,1H3. The van der Waals surface area contributed by atoms with Gasteiger partial charge < -0.3 is 9.88 Å². The number of nitrogens with one attached hydrogen (secondary N) is 1. The quantitative estimate of drug-likeness (QED) is 0.558. The third-order valence-electron chi connectivity index (χ3n) is 4.67. The van der Waals surface area contributed by atoms with Crippen LogP contribution in [0.15, 0.2) is 54.7 Å². The van der Waals surface area contributed by atoms with Crippen molar-refractivity contribution in [3.8, 4) is 5.69 Å². The Balaban J connectivity index is 1.79. The molecule has 0 bridgehead atoms. The van der Waals surface area contributed by atoms with Crippen LogP contribution in [0.1, 0.15) is 35.3 Å². The normalized spacial score (nSPS) is 16.7. The number of hydrogen-bond donors (Lipinski definition) is 1. The Morgan fingerprint density at radius 3 is 2.54 bits per heavy atom. The van der Waals surface area contributed by atoms with E-state index in [0.29, 0.717) is 16.6 Å². The van der Waals surface area contributed by atoms with E-state index in [-0.39, 0.29) is 11.6 Å². The fourth-order valence-electron chi connectivity index (χ4n) is 3.43. The highest BCUT2D eigenvalue weighted by Gasteiger charge is 2.27. The van der Waals surface area contributed by atoms with Gasteiger partial charge in [0.05, 0.1) is 16.8 Å². The number of aromatic nitrogens is 1. The highest BCUT2D eigenvalue weighted by Crippen LogP contribution is 2.36. The molecule has 6 heteroatoms. The first kappa shape index (κ1) is 17.5. The first-order valence-corrected chi connectivity index (χ1v) is 8.97. The van der Waals surface area contributed by atoms with E-state index in [1.165, 1.54) is 12.1 Å². The van der Waals surface area contributed by atoms with Gasteiger partial charge in [-0.2, -0.15) is 0 Å². The van der Waals surface area contributed by atoms with E-state index in [9.17, 15) is 8.78 Å². The second-order valence-electron chi connectivity index (χ2n) is 6.52. The zero-order chi connectivity index (χ0) is 18.5. The smallest absolute Gasteiger partial charge is 0.270 e. The molecule has 2 aromatic carbocycles. The van der Waals surface area contributed by atoms with E-state index in [4.69, 9.17) is 23.2 Å². The van der Waals surface area contributed by atoms with Crippen molar-refractivity contribution < 1.29 is 8.78 Å². The van der Waals surface area contributed by atoms with Gasteiger partial charge in [-0.15, -0.1) is 0 Å². The monoisotopic (exact) mass is 392 g/mol. The van der Waals surface area contributed by atoms with Crippen LogP contribution in [-0.4, -0.2) is 4.57 Å². The molecule has 1 aliphatic rings. The van der Waals surface area contributed by atoms with E-state index >= 15 is 0 Å². The number of rotatable bonds is 2. The van der Waals surface area contributed by atoms with Crippen LogP contribution in [0.25, 0.3) is 5.69 Å². The van der Waals surface area contributed by atoms with Gasteiger partial charge in [0, 0.05) is 35.9 Å². The molecule has 2 nitrogen and oxygen atoms in total. The summed E-state index contributed by atoms with van der Waals surface area (Å²) in [6.07, 6.45) is 1.95. The minimum atomic E-state index is -2.85.